The molecule has 2 saturated heterocycles. The maximum Gasteiger partial charge on any atom is 0.243 e. The van der Waals surface area contributed by atoms with Crippen LogP contribution in [0.5, 0.6) is 0 Å². The number of nitrogens with zero attached hydrogens (tertiary/aromatic N) is 2. The number of nitrogens with one attached hydrogen (secondary N) is 1. The minimum Gasteiger partial charge on any atom is -0.371 e. The van der Waals surface area contributed by atoms with E-state index in [2.05, 4.69) is 10.2 Å². The number of hydrogen-bond acceptors (Lipinski definition) is 4. The van der Waals surface area contributed by atoms with Crippen LogP contribution in [0.3, 0.4) is 0 Å². The average Bonchev–Trinajstić information content (AvgIpc) is 2.80. The first-order valence-electron chi connectivity index (χ1n) is 10.8. The van der Waals surface area contributed by atoms with Crippen LogP contribution in [0.1, 0.15) is 32.1 Å². The molecular formula is C23H28ClN3O3S. The Balaban J connectivity index is 1.33. The van der Waals surface area contributed by atoms with Gasteiger partial charge in [0.25, 0.3) is 0 Å². The molecule has 2 heterocycles. The van der Waals surface area contributed by atoms with Gasteiger partial charge < -0.3 is 10.2 Å². The average molecular weight is 462 g/mol. The van der Waals surface area contributed by atoms with Crippen LogP contribution in [0.4, 0.5) is 11.4 Å². The lowest BCUT2D eigenvalue weighted by molar-refractivity contribution is -0.120. The number of amides is 1. The van der Waals surface area contributed by atoms with E-state index in [1.165, 1.54) is 0 Å². The first kappa shape index (κ1) is 22.1. The lowest BCUT2D eigenvalue weighted by atomic mass is 9.95. The van der Waals surface area contributed by atoms with Crippen LogP contribution in [-0.4, -0.2) is 44.8 Å². The van der Waals surface area contributed by atoms with E-state index < -0.39 is 10.0 Å². The van der Waals surface area contributed by atoms with Crippen LogP contribution < -0.4 is 10.2 Å². The Hall–Kier alpha value is -2.09. The van der Waals surface area contributed by atoms with Gasteiger partial charge in [-0.25, -0.2) is 8.42 Å². The number of piperidine rings is 2. The Labute approximate surface area is 189 Å². The highest BCUT2D eigenvalue weighted by Crippen LogP contribution is 2.27. The molecule has 166 valence electrons. The Bertz CT molecular complexity index is 1010. The van der Waals surface area contributed by atoms with E-state index in [1.54, 1.807) is 28.6 Å². The third-order valence-electron chi connectivity index (χ3n) is 6.11. The van der Waals surface area contributed by atoms with E-state index in [1.807, 2.05) is 24.3 Å². The maximum atomic E-state index is 12.8. The zero-order valence-corrected chi connectivity index (χ0v) is 19.0. The zero-order valence-electron chi connectivity index (χ0n) is 17.5. The zero-order chi connectivity index (χ0) is 21.8. The molecule has 0 atom stereocenters. The van der Waals surface area contributed by atoms with Crippen molar-refractivity contribution in [1.82, 2.24) is 4.31 Å². The molecule has 0 spiro atoms. The lowest BCUT2D eigenvalue weighted by Crippen LogP contribution is -2.38. The predicted octanol–water partition coefficient (Wildman–Crippen LogP) is 4.37. The highest BCUT2D eigenvalue weighted by atomic mass is 35.5. The molecule has 2 aromatic carbocycles. The molecule has 0 radical (unpaired) electrons. The number of benzene rings is 2. The minimum absolute atomic E-state index is 0.0163. The van der Waals surface area contributed by atoms with E-state index >= 15 is 0 Å². The summed E-state index contributed by atoms with van der Waals surface area (Å²) in [6, 6.07) is 14.3. The monoisotopic (exact) mass is 461 g/mol. The molecule has 4 rings (SSSR count). The molecule has 2 aromatic rings. The summed E-state index contributed by atoms with van der Waals surface area (Å²) in [5.41, 5.74) is 1.71. The smallest absolute Gasteiger partial charge is 0.243 e. The largest absolute Gasteiger partial charge is 0.371 e. The second-order valence-electron chi connectivity index (χ2n) is 8.22. The van der Waals surface area contributed by atoms with Gasteiger partial charge in [-0.3, -0.25) is 4.79 Å². The number of carbonyl (C=O) groups excluding carboxylic acids is 1. The molecule has 0 unspecified atom stereocenters. The molecule has 0 aromatic heterocycles. The van der Waals surface area contributed by atoms with Gasteiger partial charge in [-0.05, 0) is 68.1 Å². The summed E-state index contributed by atoms with van der Waals surface area (Å²) in [7, 11) is -3.46. The van der Waals surface area contributed by atoms with Crippen LogP contribution in [0.25, 0.3) is 0 Å². The van der Waals surface area contributed by atoms with Gasteiger partial charge in [0, 0.05) is 48.5 Å². The highest BCUT2D eigenvalue weighted by molar-refractivity contribution is 7.89. The molecule has 1 N–H and O–H groups in total. The Morgan fingerprint density at radius 2 is 1.61 bits per heavy atom. The first-order valence-corrected chi connectivity index (χ1v) is 12.7. The van der Waals surface area contributed by atoms with Gasteiger partial charge in [0.1, 0.15) is 0 Å². The van der Waals surface area contributed by atoms with Crippen LogP contribution in [-0.2, 0) is 14.8 Å². The van der Waals surface area contributed by atoms with Gasteiger partial charge in [-0.15, -0.1) is 0 Å². The van der Waals surface area contributed by atoms with E-state index in [9.17, 15) is 13.2 Å². The summed E-state index contributed by atoms with van der Waals surface area (Å²) >= 11 is 6.09. The molecule has 6 nitrogen and oxygen atoms in total. The maximum absolute atomic E-state index is 12.8. The molecule has 31 heavy (non-hydrogen) atoms. The second kappa shape index (κ2) is 9.59. The van der Waals surface area contributed by atoms with Gasteiger partial charge in [-0.1, -0.05) is 24.1 Å². The standard InChI is InChI=1S/C23H28ClN3O3S/c24-19-5-4-6-21(17-19)26-15-11-18(12-16-26)23(28)25-20-7-9-22(10-8-20)31(29,30)27-13-2-1-3-14-27/h4-10,17-18H,1-3,11-16H2,(H,25,28). The number of rotatable bonds is 5. The minimum atomic E-state index is -3.46. The summed E-state index contributed by atoms with van der Waals surface area (Å²) in [6.07, 6.45) is 4.42. The van der Waals surface area contributed by atoms with Crippen molar-refractivity contribution in [3.8, 4) is 0 Å². The van der Waals surface area contributed by atoms with Gasteiger partial charge >= 0.3 is 0 Å². The van der Waals surface area contributed by atoms with Crippen LogP contribution >= 0.6 is 11.6 Å². The number of sulfonamides is 1. The molecule has 1 amide bonds. The Morgan fingerprint density at radius 3 is 2.26 bits per heavy atom. The van der Waals surface area contributed by atoms with Gasteiger partial charge in [-0.2, -0.15) is 4.31 Å². The molecule has 2 aliphatic rings. The van der Waals surface area contributed by atoms with Crippen molar-refractivity contribution in [2.24, 2.45) is 5.92 Å². The van der Waals surface area contributed by atoms with Crippen molar-refractivity contribution >= 4 is 38.9 Å². The number of halogens is 1. The summed E-state index contributed by atoms with van der Waals surface area (Å²) in [6.45, 7) is 2.75. The summed E-state index contributed by atoms with van der Waals surface area (Å²) in [5.74, 6) is -0.0791. The van der Waals surface area contributed by atoms with Crippen LogP contribution in [0, 0.1) is 5.92 Å². The number of hydrogen-bond donors (Lipinski definition) is 1. The fourth-order valence-corrected chi connectivity index (χ4v) is 5.98. The van der Waals surface area contributed by atoms with Crippen molar-refractivity contribution in [3.63, 3.8) is 0 Å². The van der Waals surface area contributed by atoms with Crippen molar-refractivity contribution in [3.05, 3.63) is 53.6 Å². The predicted molar refractivity (Wildman–Crippen MR) is 124 cm³/mol. The Kier molecular flexibility index (Phi) is 6.84. The van der Waals surface area contributed by atoms with Crippen molar-refractivity contribution in [1.29, 1.82) is 0 Å². The lowest BCUT2D eigenvalue weighted by Gasteiger charge is -2.33. The molecule has 2 aliphatic heterocycles. The van der Waals surface area contributed by atoms with Crippen molar-refractivity contribution in [2.45, 2.75) is 37.0 Å². The molecule has 0 aliphatic carbocycles. The van der Waals surface area contributed by atoms with E-state index in [4.69, 9.17) is 11.6 Å². The topological polar surface area (TPSA) is 69.7 Å². The third kappa shape index (κ3) is 5.22. The van der Waals surface area contributed by atoms with E-state index in [-0.39, 0.29) is 16.7 Å². The molecule has 8 heteroatoms. The second-order valence-corrected chi connectivity index (χ2v) is 10.6. The summed E-state index contributed by atoms with van der Waals surface area (Å²) < 4.78 is 27.1. The van der Waals surface area contributed by atoms with E-state index in [0.717, 1.165) is 50.9 Å². The van der Waals surface area contributed by atoms with Crippen molar-refractivity contribution in [2.75, 3.05) is 36.4 Å². The SMILES string of the molecule is O=C(Nc1ccc(S(=O)(=O)N2CCCCC2)cc1)C1CCN(c2cccc(Cl)c2)CC1. The normalized spacial score (nSPS) is 18.7. The van der Waals surface area contributed by atoms with Crippen LogP contribution in [0.15, 0.2) is 53.4 Å². The summed E-state index contributed by atoms with van der Waals surface area (Å²) in [4.78, 5) is 15.2. The van der Waals surface area contributed by atoms with Gasteiger partial charge in [0.05, 0.1) is 4.90 Å². The van der Waals surface area contributed by atoms with Crippen LogP contribution in [0.2, 0.25) is 5.02 Å². The third-order valence-corrected chi connectivity index (χ3v) is 8.26. The molecule has 0 saturated carbocycles. The number of anilines is 2. The fraction of sp³-hybridized carbons (Fsp3) is 0.435. The first-order chi connectivity index (χ1) is 14.9. The van der Waals surface area contributed by atoms with Gasteiger partial charge in [0.2, 0.25) is 15.9 Å². The fourth-order valence-electron chi connectivity index (χ4n) is 4.28. The Morgan fingerprint density at radius 1 is 0.935 bits per heavy atom. The molecule has 0 bridgehead atoms. The number of carbonyl (C=O) groups is 1. The van der Waals surface area contributed by atoms with Gasteiger partial charge in [0.15, 0.2) is 0 Å². The highest BCUT2D eigenvalue weighted by Gasteiger charge is 2.27. The summed E-state index contributed by atoms with van der Waals surface area (Å²) in [5, 5.41) is 3.66. The molecule has 2 fully saturated rings. The molecular weight excluding hydrogens is 434 g/mol. The quantitative estimate of drug-likeness (QED) is 0.717. The van der Waals surface area contributed by atoms with E-state index in [0.29, 0.717) is 23.8 Å². The van der Waals surface area contributed by atoms with Crippen molar-refractivity contribution < 1.29 is 13.2 Å².